The van der Waals surface area contributed by atoms with Crippen LogP contribution in [-0.4, -0.2) is 22.0 Å². The molecule has 0 aliphatic heterocycles. The predicted octanol–water partition coefficient (Wildman–Crippen LogP) is 2.74. The lowest BCUT2D eigenvalue weighted by Crippen LogP contribution is -2.13. The number of hydrogen-bond acceptors (Lipinski definition) is 3. The lowest BCUT2D eigenvalue weighted by molar-refractivity contribution is -0.111. The van der Waals surface area contributed by atoms with Crippen molar-refractivity contribution in [1.29, 1.82) is 0 Å². The highest BCUT2D eigenvalue weighted by Gasteiger charge is 2.11. The van der Waals surface area contributed by atoms with Crippen LogP contribution in [0.3, 0.4) is 0 Å². The third-order valence-corrected chi connectivity index (χ3v) is 2.87. The first-order chi connectivity index (χ1) is 10.1. The van der Waals surface area contributed by atoms with Crippen molar-refractivity contribution in [2.45, 2.75) is 6.92 Å². The third-order valence-electron chi connectivity index (χ3n) is 2.87. The number of carbonyl (C=O) groups excluding carboxylic acids is 1. The third kappa shape index (κ3) is 3.76. The fourth-order valence-electron chi connectivity index (χ4n) is 1.79. The van der Waals surface area contributed by atoms with Crippen LogP contribution in [0.15, 0.2) is 48.7 Å². The highest BCUT2D eigenvalue weighted by Crippen LogP contribution is 2.13. The molecule has 0 aliphatic carbocycles. The van der Waals surface area contributed by atoms with Crippen molar-refractivity contribution in [3.05, 3.63) is 65.5 Å². The second-order valence-corrected chi connectivity index (χ2v) is 4.38. The Hall–Kier alpha value is -2.95. The van der Waals surface area contributed by atoms with Gasteiger partial charge in [-0.15, -0.1) is 0 Å². The summed E-state index contributed by atoms with van der Waals surface area (Å²) in [7, 11) is 0. The zero-order chi connectivity index (χ0) is 15.2. The lowest BCUT2D eigenvalue weighted by atomic mass is 10.1. The standard InChI is InChI=1S/C16H14N2O3/c1-11-5-2-3-6-12(11)8-9-14(19)18-13-7-4-10-17-15(13)16(20)21/h2-10H,1H3,(H,18,19)(H,20,21)/b9-8+. The van der Waals surface area contributed by atoms with Gasteiger partial charge in [0, 0.05) is 12.3 Å². The molecule has 5 nitrogen and oxygen atoms in total. The molecular weight excluding hydrogens is 268 g/mol. The van der Waals surface area contributed by atoms with Crippen LogP contribution in [0.4, 0.5) is 5.69 Å². The minimum Gasteiger partial charge on any atom is -0.476 e. The van der Waals surface area contributed by atoms with Crippen LogP contribution in [0.1, 0.15) is 21.6 Å². The molecule has 0 aliphatic rings. The first-order valence-corrected chi connectivity index (χ1v) is 6.31. The Morgan fingerprint density at radius 3 is 2.67 bits per heavy atom. The van der Waals surface area contributed by atoms with Crippen LogP contribution in [0.2, 0.25) is 0 Å². The lowest BCUT2D eigenvalue weighted by Gasteiger charge is -2.05. The number of carboxylic acids is 1. The van der Waals surface area contributed by atoms with Gasteiger partial charge in [0.25, 0.3) is 0 Å². The molecular formula is C16H14N2O3. The summed E-state index contributed by atoms with van der Waals surface area (Å²) >= 11 is 0. The van der Waals surface area contributed by atoms with Gasteiger partial charge in [0.1, 0.15) is 0 Å². The van der Waals surface area contributed by atoms with Gasteiger partial charge in [0.2, 0.25) is 5.91 Å². The number of amides is 1. The fraction of sp³-hybridized carbons (Fsp3) is 0.0625. The quantitative estimate of drug-likeness (QED) is 0.845. The van der Waals surface area contributed by atoms with E-state index < -0.39 is 11.9 Å². The van der Waals surface area contributed by atoms with Crippen molar-refractivity contribution in [2.24, 2.45) is 0 Å². The van der Waals surface area contributed by atoms with Crippen molar-refractivity contribution in [3.63, 3.8) is 0 Å². The molecule has 1 amide bonds. The molecule has 2 aromatic rings. The number of benzene rings is 1. The van der Waals surface area contributed by atoms with E-state index in [1.54, 1.807) is 12.1 Å². The summed E-state index contributed by atoms with van der Waals surface area (Å²) < 4.78 is 0. The van der Waals surface area contributed by atoms with E-state index >= 15 is 0 Å². The highest BCUT2D eigenvalue weighted by atomic mass is 16.4. The number of pyridine rings is 1. The van der Waals surface area contributed by atoms with Crippen molar-refractivity contribution < 1.29 is 14.7 Å². The summed E-state index contributed by atoms with van der Waals surface area (Å²) in [4.78, 5) is 26.6. The summed E-state index contributed by atoms with van der Waals surface area (Å²) in [6.07, 6.45) is 4.41. The molecule has 0 unspecified atom stereocenters. The van der Waals surface area contributed by atoms with Gasteiger partial charge in [-0.2, -0.15) is 0 Å². The van der Waals surface area contributed by atoms with E-state index in [0.717, 1.165) is 11.1 Å². The Morgan fingerprint density at radius 1 is 1.19 bits per heavy atom. The first kappa shape index (κ1) is 14.5. The number of aromatic carboxylic acids is 1. The number of carbonyl (C=O) groups is 2. The molecule has 0 bridgehead atoms. The minimum atomic E-state index is -1.19. The zero-order valence-corrected chi connectivity index (χ0v) is 11.4. The zero-order valence-electron chi connectivity index (χ0n) is 11.4. The molecule has 0 saturated heterocycles. The SMILES string of the molecule is Cc1ccccc1/C=C/C(=O)Nc1cccnc1C(=O)O. The molecule has 2 N–H and O–H groups in total. The van der Waals surface area contributed by atoms with E-state index in [-0.39, 0.29) is 11.4 Å². The number of anilines is 1. The molecule has 1 heterocycles. The Morgan fingerprint density at radius 2 is 1.95 bits per heavy atom. The summed E-state index contributed by atoms with van der Waals surface area (Å²) in [5.41, 5.74) is 1.96. The Labute approximate surface area is 122 Å². The van der Waals surface area contributed by atoms with Gasteiger partial charge < -0.3 is 10.4 Å². The number of aryl methyl sites for hydroxylation is 1. The molecule has 106 valence electrons. The second kappa shape index (κ2) is 6.47. The average Bonchev–Trinajstić information content (AvgIpc) is 2.47. The van der Waals surface area contributed by atoms with Gasteiger partial charge in [0.05, 0.1) is 5.69 Å². The monoisotopic (exact) mass is 282 g/mol. The number of nitrogens with one attached hydrogen (secondary N) is 1. The topological polar surface area (TPSA) is 79.3 Å². The van der Waals surface area contributed by atoms with Crippen LogP contribution in [0.5, 0.6) is 0 Å². The molecule has 2 rings (SSSR count). The average molecular weight is 282 g/mol. The van der Waals surface area contributed by atoms with Crippen LogP contribution >= 0.6 is 0 Å². The fourth-order valence-corrected chi connectivity index (χ4v) is 1.79. The van der Waals surface area contributed by atoms with E-state index in [0.29, 0.717) is 0 Å². The Kier molecular flexibility index (Phi) is 4.46. The van der Waals surface area contributed by atoms with Crippen LogP contribution in [0, 0.1) is 6.92 Å². The smallest absolute Gasteiger partial charge is 0.356 e. The van der Waals surface area contributed by atoms with Gasteiger partial charge in [0.15, 0.2) is 5.69 Å². The second-order valence-electron chi connectivity index (χ2n) is 4.38. The van der Waals surface area contributed by atoms with E-state index in [4.69, 9.17) is 5.11 Å². The largest absolute Gasteiger partial charge is 0.476 e. The van der Waals surface area contributed by atoms with E-state index in [2.05, 4.69) is 10.3 Å². The highest BCUT2D eigenvalue weighted by molar-refractivity contribution is 6.05. The van der Waals surface area contributed by atoms with E-state index in [1.807, 2.05) is 31.2 Å². The molecule has 0 spiro atoms. The van der Waals surface area contributed by atoms with Crippen molar-refractivity contribution in [2.75, 3.05) is 5.32 Å². The van der Waals surface area contributed by atoms with Gasteiger partial charge >= 0.3 is 5.97 Å². The van der Waals surface area contributed by atoms with Crippen molar-refractivity contribution >= 4 is 23.6 Å². The maximum Gasteiger partial charge on any atom is 0.356 e. The molecule has 5 heteroatoms. The molecule has 0 atom stereocenters. The molecule has 21 heavy (non-hydrogen) atoms. The molecule has 0 saturated carbocycles. The number of rotatable bonds is 4. The van der Waals surface area contributed by atoms with Crippen LogP contribution < -0.4 is 5.32 Å². The predicted molar refractivity (Wildman–Crippen MR) is 80.0 cm³/mol. The van der Waals surface area contributed by atoms with Crippen molar-refractivity contribution in [1.82, 2.24) is 4.98 Å². The Balaban J connectivity index is 2.13. The first-order valence-electron chi connectivity index (χ1n) is 6.31. The number of aromatic nitrogens is 1. The number of nitrogens with zero attached hydrogens (tertiary/aromatic N) is 1. The van der Waals surface area contributed by atoms with E-state index in [9.17, 15) is 9.59 Å². The summed E-state index contributed by atoms with van der Waals surface area (Å²) in [5, 5.41) is 11.5. The van der Waals surface area contributed by atoms with Gasteiger partial charge in [-0.05, 0) is 36.3 Å². The molecule has 1 aromatic carbocycles. The van der Waals surface area contributed by atoms with Gasteiger partial charge in [-0.1, -0.05) is 24.3 Å². The maximum atomic E-state index is 11.9. The number of hydrogen-bond donors (Lipinski definition) is 2. The summed E-state index contributed by atoms with van der Waals surface area (Å²) in [5.74, 6) is -1.59. The maximum absolute atomic E-state index is 11.9. The minimum absolute atomic E-state index is 0.171. The molecule has 0 radical (unpaired) electrons. The normalized spacial score (nSPS) is 10.5. The van der Waals surface area contributed by atoms with Crippen LogP contribution in [-0.2, 0) is 4.79 Å². The van der Waals surface area contributed by atoms with Crippen LogP contribution in [0.25, 0.3) is 6.08 Å². The van der Waals surface area contributed by atoms with Crippen molar-refractivity contribution in [3.8, 4) is 0 Å². The van der Waals surface area contributed by atoms with E-state index in [1.165, 1.54) is 18.3 Å². The summed E-state index contributed by atoms with van der Waals surface area (Å²) in [6.45, 7) is 1.95. The molecule has 0 fully saturated rings. The number of carboxylic acid groups (broad SMARTS) is 1. The van der Waals surface area contributed by atoms with Gasteiger partial charge in [-0.3, -0.25) is 4.79 Å². The summed E-state index contributed by atoms with van der Waals surface area (Å²) in [6, 6.07) is 10.7. The van der Waals surface area contributed by atoms with Gasteiger partial charge in [-0.25, -0.2) is 9.78 Å². The Bertz CT molecular complexity index is 708. The molecule has 1 aromatic heterocycles.